The van der Waals surface area contributed by atoms with Crippen LogP contribution in [0.1, 0.15) is 61.3 Å². The van der Waals surface area contributed by atoms with Gasteiger partial charge in [0.25, 0.3) is 0 Å². The van der Waals surface area contributed by atoms with E-state index in [1.807, 2.05) is 6.92 Å². The Hall–Kier alpha value is -0.453. The number of hydrogen-bond donors (Lipinski definition) is 1. The highest BCUT2D eigenvalue weighted by molar-refractivity contribution is 6.77. The first kappa shape index (κ1) is 17.9. The molecule has 6 fully saturated rings. The van der Waals surface area contributed by atoms with Crippen molar-refractivity contribution in [3.8, 4) is 6.07 Å². The van der Waals surface area contributed by atoms with E-state index in [0.29, 0.717) is 29.5 Å². The zero-order valence-corrected chi connectivity index (χ0v) is 17.4. The highest BCUT2D eigenvalue weighted by Gasteiger charge is 2.94. The molecule has 0 radical (unpaired) electrons. The second kappa shape index (κ2) is 4.69. The van der Waals surface area contributed by atoms with Crippen LogP contribution in [-0.2, 0) is 13.9 Å². The van der Waals surface area contributed by atoms with Crippen LogP contribution in [-0.4, -0.2) is 36.7 Å². The van der Waals surface area contributed by atoms with Gasteiger partial charge in [0.1, 0.15) is 16.6 Å². The van der Waals surface area contributed by atoms with E-state index < -0.39 is 37.0 Å². The first-order valence-corrected chi connectivity index (χ1v) is 11.8. The van der Waals surface area contributed by atoms with Gasteiger partial charge in [0.2, 0.25) is 8.32 Å². The minimum absolute atomic E-state index is 0.0984. The average molecular weight is 366 g/mol. The van der Waals surface area contributed by atoms with Gasteiger partial charge in [0.05, 0.1) is 6.07 Å². The monoisotopic (exact) mass is 365 g/mol. The maximum atomic E-state index is 11.2. The fourth-order valence-electron chi connectivity index (χ4n) is 6.93. The second-order valence-electron chi connectivity index (χ2n) is 9.80. The van der Waals surface area contributed by atoms with Gasteiger partial charge < -0.3 is 19.0 Å². The van der Waals surface area contributed by atoms with Crippen molar-refractivity contribution in [1.29, 1.82) is 5.26 Å². The third kappa shape index (κ3) is 1.57. The predicted molar refractivity (Wildman–Crippen MR) is 94.9 cm³/mol. The fraction of sp³-hybridized carbons (Fsp3) is 0.947. The molecule has 3 heterocycles. The summed E-state index contributed by atoms with van der Waals surface area (Å²) in [5.41, 5.74) is -1.52. The van der Waals surface area contributed by atoms with Gasteiger partial charge in [0.15, 0.2) is 12.1 Å². The first-order valence-electron chi connectivity index (χ1n) is 9.65. The average Bonchev–Trinajstić information content (AvgIpc) is 2.69. The lowest BCUT2D eigenvalue weighted by Gasteiger charge is -2.65. The molecule has 0 aromatic rings. The molecule has 6 atom stereocenters. The quantitative estimate of drug-likeness (QED) is 0.752. The Bertz CT molecular complexity index is 639. The Morgan fingerprint density at radius 3 is 2.12 bits per heavy atom. The molecule has 6 bridgehead atoms. The van der Waals surface area contributed by atoms with Crippen LogP contribution in [0.25, 0.3) is 0 Å². The summed E-state index contributed by atoms with van der Waals surface area (Å²) < 4.78 is 19.5. The molecule has 6 rings (SSSR count). The van der Waals surface area contributed by atoms with Crippen molar-refractivity contribution in [3.05, 3.63) is 0 Å². The third-order valence-corrected chi connectivity index (χ3v) is 14.1. The van der Waals surface area contributed by atoms with Crippen LogP contribution >= 0.6 is 0 Å². The summed E-state index contributed by atoms with van der Waals surface area (Å²) in [6.07, 6.45) is 0.382. The maximum absolute atomic E-state index is 11.2. The standard InChI is InChI=1S/C19H31NO4Si/c1-11(2)25(12(3)4,13(5)6)24-18-9-16(7)19(21)8-14(18)17(19,10-20)15(22-16)23-18/h11-15,21H,8-9H2,1-7H3/t14-,15+,16+,17+,18+,19+/m1/s1. The highest BCUT2D eigenvalue weighted by atomic mass is 28.4. The highest BCUT2D eigenvalue weighted by Crippen LogP contribution is 2.81. The number of nitrogens with zero attached hydrogens (tertiary/aromatic N) is 1. The number of ether oxygens (including phenoxy) is 2. The van der Waals surface area contributed by atoms with Crippen molar-refractivity contribution in [3.63, 3.8) is 0 Å². The number of aliphatic hydroxyl groups is 1. The largest absolute Gasteiger partial charge is 0.389 e. The van der Waals surface area contributed by atoms with Crippen LogP contribution in [0.2, 0.25) is 16.6 Å². The van der Waals surface area contributed by atoms with Crippen LogP contribution in [0.15, 0.2) is 0 Å². The Morgan fingerprint density at radius 2 is 1.68 bits per heavy atom. The minimum atomic E-state index is -2.18. The Balaban J connectivity index is 1.80. The molecule has 0 aromatic carbocycles. The molecule has 3 aliphatic carbocycles. The molecule has 25 heavy (non-hydrogen) atoms. The van der Waals surface area contributed by atoms with Crippen molar-refractivity contribution in [2.45, 2.75) is 101 Å². The molecule has 3 saturated heterocycles. The summed E-state index contributed by atoms with van der Waals surface area (Å²) in [7, 11) is -2.18. The van der Waals surface area contributed by atoms with Crippen molar-refractivity contribution in [1.82, 2.24) is 0 Å². The van der Waals surface area contributed by atoms with E-state index in [0.717, 1.165) is 0 Å². The molecule has 0 spiro atoms. The van der Waals surface area contributed by atoms with Crippen LogP contribution in [0.4, 0.5) is 0 Å². The normalized spacial score (nSPS) is 50.0. The first-order chi connectivity index (χ1) is 11.5. The number of nitriles is 1. The van der Waals surface area contributed by atoms with Gasteiger partial charge in [-0.25, -0.2) is 0 Å². The summed E-state index contributed by atoms with van der Waals surface area (Å²) in [5.74, 6) is -0.873. The van der Waals surface area contributed by atoms with Crippen LogP contribution in [0.5, 0.6) is 0 Å². The van der Waals surface area contributed by atoms with Gasteiger partial charge in [-0.3, -0.25) is 0 Å². The molecule has 5 nitrogen and oxygen atoms in total. The molecule has 3 aliphatic heterocycles. The number of rotatable bonds is 5. The topological polar surface area (TPSA) is 71.7 Å². The van der Waals surface area contributed by atoms with Gasteiger partial charge in [-0.05, 0) is 30.0 Å². The summed E-state index contributed by atoms with van der Waals surface area (Å²) in [6.45, 7) is 15.5. The second-order valence-corrected chi connectivity index (χ2v) is 15.2. The molecular weight excluding hydrogens is 334 g/mol. The van der Waals surface area contributed by atoms with Crippen molar-refractivity contribution in [2.24, 2.45) is 11.3 Å². The molecule has 0 unspecified atom stereocenters. The number of hydrogen-bond acceptors (Lipinski definition) is 5. The molecule has 3 saturated carbocycles. The Morgan fingerprint density at radius 1 is 1.12 bits per heavy atom. The van der Waals surface area contributed by atoms with Gasteiger partial charge in [-0.1, -0.05) is 41.5 Å². The van der Waals surface area contributed by atoms with E-state index in [9.17, 15) is 10.4 Å². The SMILES string of the molecule is CC(C)[Si](O[C@]12C[C@]3(C)O[C@@H](O1)[C@]1(C#N)[C@H]2C[C@@]13O)(C(C)C)C(C)C. The summed E-state index contributed by atoms with van der Waals surface area (Å²) in [6, 6.07) is 2.40. The van der Waals surface area contributed by atoms with Gasteiger partial charge in [0, 0.05) is 12.3 Å². The van der Waals surface area contributed by atoms with E-state index in [4.69, 9.17) is 13.9 Å². The molecule has 6 aliphatic rings. The lowest BCUT2D eigenvalue weighted by atomic mass is 9.41. The summed E-state index contributed by atoms with van der Waals surface area (Å²) in [5, 5.41) is 21.2. The zero-order chi connectivity index (χ0) is 18.6. The van der Waals surface area contributed by atoms with Crippen molar-refractivity contribution >= 4 is 8.32 Å². The maximum Gasteiger partial charge on any atom is 0.204 e. The lowest BCUT2D eigenvalue weighted by molar-refractivity contribution is -0.375. The summed E-state index contributed by atoms with van der Waals surface area (Å²) >= 11 is 0. The van der Waals surface area contributed by atoms with Crippen LogP contribution in [0.3, 0.4) is 0 Å². The van der Waals surface area contributed by atoms with E-state index in [1.165, 1.54) is 0 Å². The predicted octanol–water partition coefficient (Wildman–Crippen LogP) is 3.68. The third-order valence-electron chi connectivity index (χ3n) is 8.01. The lowest BCUT2D eigenvalue weighted by Crippen LogP contribution is -2.78. The van der Waals surface area contributed by atoms with Crippen molar-refractivity contribution in [2.75, 3.05) is 0 Å². The summed E-state index contributed by atoms with van der Waals surface area (Å²) in [4.78, 5) is 0. The van der Waals surface area contributed by atoms with Gasteiger partial charge in [-0.15, -0.1) is 0 Å². The molecule has 6 heteroatoms. The van der Waals surface area contributed by atoms with E-state index in [1.54, 1.807) is 0 Å². The van der Waals surface area contributed by atoms with E-state index >= 15 is 0 Å². The smallest absolute Gasteiger partial charge is 0.204 e. The molecule has 140 valence electrons. The zero-order valence-electron chi connectivity index (χ0n) is 16.4. The van der Waals surface area contributed by atoms with E-state index in [2.05, 4.69) is 47.6 Å². The van der Waals surface area contributed by atoms with Crippen LogP contribution in [0, 0.1) is 22.7 Å². The Kier molecular flexibility index (Phi) is 3.36. The molecule has 1 N–H and O–H groups in total. The fourth-order valence-corrected chi connectivity index (χ4v) is 12.5. The molecular formula is C19H31NO4Si. The molecule has 0 aromatic heterocycles. The van der Waals surface area contributed by atoms with Crippen molar-refractivity contribution < 1.29 is 19.0 Å². The Labute approximate surface area is 151 Å². The molecule has 0 amide bonds. The van der Waals surface area contributed by atoms with E-state index in [-0.39, 0.29) is 5.92 Å². The van der Waals surface area contributed by atoms with Crippen LogP contribution < -0.4 is 0 Å². The minimum Gasteiger partial charge on any atom is -0.389 e. The van der Waals surface area contributed by atoms with Gasteiger partial charge >= 0.3 is 0 Å². The van der Waals surface area contributed by atoms with Gasteiger partial charge in [-0.2, -0.15) is 5.26 Å².